The molecular weight excluding hydrogens is 278 g/mol. The summed E-state index contributed by atoms with van der Waals surface area (Å²) in [6.07, 6.45) is 0.825. The molecule has 6 nitrogen and oxygen atoms in total. The van der Waals surface area contributed by atoms with Gasteiger partial charge in [-0.25, -0.2) is 9.78 Å². The van der Waals surface area contributed by atoms with Gasteiger partial charge in [0.15, 0.2) is 5.13 Å². The fourth-order valence-corrected chi connectivity index (χ4v) is 2.64. The molecule has 0 saturated heterocycles. The molecule has 0 bridgehead atoms. The summed E-state index contributed by atoms with van der Waals surface area (Å²) in [6.45, 7) is 8.02. The highest BCUT2D eigenvalue weighted by atomic mass is 32.1. The second-order valence-electron chi connectivity index (χ2n) is 4.58. The van der Waals surface area contributed by atoms with Crippen molar-refractivity contribution in [2.24, 2.45) is 5.92 Å². The van der Waals surface area contributed by atoms with Crippen LogP contribution in [0.2, 0.25) is 0 Å². The van der Waals surface area contributed by atoms with E-state index < -0.39 is 11.9 Å². The molecule has 0 fully saturated rings. The van der Waals surface area contributed by atoms with Crippen molar-refractivity contribution in [3.63, 3.8) is 0 Å². The summed E-state index contributed by atoms with van der Waals surface area (Å²) in [5.41, 5.74) is 0.979. The van der Waals surface area contributed by atoms with Crippen LogP contribution >= 0.6 is 11.3 Å². The Balaban J connectivity index is 2.69. The molecule has 0 spiro atoms. The number of aromatic nitrogens is 1. The number of carboxylic acid groups (broad SMARTS) is 1. The van der Waals surface area contributed by atoms with Crippen LogP contribution in [0.3, 0.4) is 0 Å². The van der Waals surface area contributed by atoms with E-state index in [0.717, 1.165) is 17.0 Å². The molecule has 2 amide bonds. The van der Waals surface area contributed by atoms with E-state index in [-0.39, 0.29) is 12.6 Å². The van der Waals surface area contributed by atoms with E-state index in [9.17, 15) is 9.59 Å². The van der Waals surface area contributed by atoms with E-state index >= 15 is 0 Å². The predicted molar refractivity (Wildman–Crippen MR) is 79.3 cm³/mol. The van der Waals surface area contributed by atoms with Crippen LogP contribution in [0, 0.1) is 12.8 Å². The number of carbonyl (C=O) groups excluding carboxylic acids is 1. The summed E-state index contributed by atoms with van der Waals surface area (Å²) >= 11 is 1.43. The first-order valence-corrected chi connectivity index (χ1v) is 7.45. The predicted octanol–water partition coefficient (Wildman–Crippen LogP) is 2.59. The first-order valence-electron chi connectivity index (χ1n) is 6.64. The average molecular weight is 299 g/mol. The zero-order valence-electron chi connectivity index (χ0n) is 12.3. The first kappa shape index (κ1) is 16.4. The monoisotopic (exact) mass is 299 g/mol. The van der Waals surface area contributed by atoms with Crippen molar-refractivity contribution < 1.29 is 14.7 Å². The Labute approximate surface area is 122 Å². The van der Waals surface area contributed by atoms with Crippen LogP contribution in [0.4, 0.5) is 9.93 Å². The number of urea groups is 1. The maximum Gasteiger partial charge on any atom is 0.323 e. The van der Waals surface area contributed by atoms with Crippen LogP contribution in [0.1, 0.15) is 31.3 Å². The normalized spacial score (nSPS) is 12.0. The van der Waals surface area contributed by atoms with Gasteiger partial charge in [0.25, 0.3) is 0 Å². The number of nitrogens with zero attached hydrogens (tertiary/aromatic N) is 2. The van der Waals surface area contributed by atoms with Crippen molar-refractivity contribution in [2.75, 3.05) is 18.4 Å². The molecule has 1 atom stereocenters. The molecule has 112 valence electrons. The van der Waals surface area contributed by atoms with Gasteiger partial charge in [0, 0.05) is 18.0 Å². The van der Waals surface area contributed by atoms with E-state index in [0.29, 0.717) is 11.7 Å². The van der Waals surface area contributed by atoms with Gasteiger partial charge in [0.2, 0.25) is 0 Å². The van der Waals surface area contributed by atoms with Crippen molar-refractivity contribution in [1.82, 2.24) is 9.88 Å². The highest BCUT2D eigenvalue weighted by Crippen LogP contribution is 2.22. The van der Waals surface area contributed by atoms with Crippen LogP contribution in [0.5, 0.6) is 0 Å². The molecular formula is C13H21N3O3S. The lowest BCUT2D eigenvalue weighted by atomic mass is 10.2. The minimum absolute atomic E-state index is 0.183. The average Bonchev–Trinajstić information content (AvgIpc) is 2.75. The van der Waals surface area contributed by atoms with Gasteiger partial charge in [-0.15, -0.1) is 11.3 Å². The number of hydrogen-bond acceptors (Lipinski definition) is 4. The van der Waals surface area contributed by atoms with Gasteiger partial charge in [-0.05, 0) is 20.3 Å². The second-order valence-corrected chi connectivity index (χ2v) is 5.79. The summed E-state index contributed by atoms with van der Waals surface area (Å²) in [5, 5.41) is 12.2. The van der Waals surface area contributed by atoms with Gasteiger partial charge >= 0.3 is 12.0 Å². The van der Waals surface area contributed by atoms with E-state index in [1.165, 1.54) is 16.2 Å². The summed E-state index contributed by atoms with van der Waals surface area (Å²) in [4.78, 5) is 29.9. The molecule has 0 aliphatic rings. The SMILES string of the molecule is CCc1nc(NC(=O)N(CC)CC(C)C(=O)O)sc1C. The Hall–Kier alpha value is -1.63. The number of aryl methyl sites for hydroxylation is 2. The molecule has 7 heteroatoms. The highest BCUT2D eigenvalue weighted by molar-refractivity contribution is 7.15. The highest BCUT2D eigenvalue weighted by Gasteiger charge is 2.20. The zero-order chi connectivity index (χ0) is 15.3. The Morgan fingerprint density at radius 2 is 2.10 bits per heavy atom. The Morgan fingerprint density at radius 3 is 2.55 bits per heavy atom. The molecule has 0 aliphatic heterocycles. The van der Waals surface area contributed by atoms with Gasteiger partial charge in [-0.2, -0.15) is 0 Å². The van der Waals surface area contributed by atoms with E-state index in [4.69, 9.17) is 5.11 Å². The third-order valence-corrected chi connectivity index (χ3v) is 3.95. The van der Waals surface area contributed by atoms with Gasteiger partial charge in [0.05, 0.1) is 11.6 Å². The molecule has 1 aromatic rings. The maximum atomic E-state index is 12.1. The van der Waals surface area contributed by atoms with E-state index in [2.05, 4.69) is 10.3 Å². The number of aliphatic carboxylic acids is 1. The van der Waals surface area contributed by atoms with Crippen molar-refractivity contribution >= 4 is 28.5 Å². The van der Waals surface area contributed by atoms with Crippen LogP contribution < -0.4 is 5.32 Å². The number of amides is 2. The molecule has 0 saturated carbocycles. The fraction of sp³-hybridized carbons (Fsp3) is 0.615. The number of anilines is 1. The van der Waals surface area contributed by atoms with Gasteiger partial charge in [-0.1, -0.05) is 13.8 Å². The molecule has 1 unspecified atom stereocenters. The fourth-order valence-electron chi connectivity index (χ4n) is 1.74. The Bertz CT molecular complexity index is 487. The largest absolute Gasteiger partial charge is 0.481 e. The van der Waals surface area contributed by atoms with Crippen molar-refractivity contribution in [3.8, 4) is 0 Å². The van der Waals surface area contributed by atoms with Gasteiger partial charge in [-0.3, -0.25) is 10.1 Å². The van der Waals surface area contributed by atoms with Crippen molar-refractivity contribution in [3.05, 3.63) is 10.6 Å². The lowest BCUT2D eigenvalue weighted by Crippen LogP contribution is -2.39. The quantitative estimate of drug-likeness (QED) is 0.845. The van der Waals surface area contributed by atoms with Crippen LogP contribution in [-0.2, 0) is 11.2 Å². The smallest absolute Gasteiger partial charge is 0.323 e. The van der Waals surface area contributed by atoms with Gasteiger partial charge in [0.1, 0.15) is 0 Å². The number of thiazole rings is 1. The summed E-state index contributed by atoms with van der Waals surface area (Å²) in [6, 6.07) is -0.308. The molecule has 20 heavy (non-hydrogen) atoms. The van der Waals surface area contributed by atoms with E-state index in [1.54, 1.807) is 6.92 Å². The molecule has 0 aliphatic carbocycles. The minimum atomic E-state index is -0.908. The zero-order valence-corrected chi connectivity index (χ0v) is 13.1. The first-order chi connectivity index (χ1) is 9.38. The molecule has 1 rings (SSSR count). The number of hydrogen-bond donors (Lipinski definition) is 2. The van der Waals surface area contributed by atoms with Crippen LogP contribution in [-0.4, -0.2) is 40.1 Å². The molecule has 1 heterocycles. The number of carbonyl (C=O) groups is 2. The summed E-state index contributed by atoms with van der Waals surface area (Å²) < 4.78 is 0. The summed E-state index contributed by atoms with van der Waals surface area (Å²) in [5.74, 6) is -1.50. The molecule has 0 radical (unpaired) electrons. The minimum Gasteiger partial charge on any atom is -0.481 e. The standard InChI is InChI=1S/C13H21N3O3S/c1-5-10-9(4)20-12(14-10)15-13(19)16(6-2)7-8(3)11(17)18/h8H,5-7H2,1-4H3,(H,17,18)(H,14,15,19). The van der Waals surface area contributed by atoms with Crippen LogP contribution in [0.25, 0.3) is 0 Å². The van der Waals surface area contributed by atoms with Gasteiger partial charge < -0.3 is 10.0 Å². The molecule has 0 aromatic carbocycles. The van der Waals surface area contributed by atoms with Crippen LogP contribution in [0.15, 0.2) is 0 Å². The van der Waals surface area contributed by atoms with Crippen molar-refractivity contribution in [2.45, 2.75) is 34.1 Å². The number of nitrogens with one attached hydrogen (secondary N) is 1. The third-order valence-electron chi connectivity index (χ3n) is 3.03. The molecule has 1 aromatic heterocycles. The lowest BCUT2D eigenvalue weighted by molar-refractivity contribution is -0.141. The number of rotatable bonds is 6. The van der Waals surface area contributed by atoms with Crippen molar-refractivity contribution in [1.29, 1.82) is 0 Å². The lowest BCUT2D eigenvalue weighted by Gasteiger charge is -2.22. The Morgan fingerprint density at radius 1 is 1.45 bits per heavy atom. The maximum absolute atomic E-state index is 12.1. The third kappa shape index (κ3) is 4.19. The topological polar surface area (TPSA) is 82.5 Å². The summed E-state index contributed by atoms with van der Waals surface area (Å²) in [7, 11) is 0. The number of carboxylic acids is 1. The van der Waals surface area contributed by atoms with E-state index in [1.807, 2.05) is 20.8 Å². The second kappa shape index (κ2) is 7.23. The Kier molecular flexibility index (Phi) is 5.94. The molecule has 2 N–H and O–H groups in total.